The van der Waals surface area contributed by atoms with Crippen LogP contribution in [0.15, 0.2) is 21.6 Å². The topological polar surface area (TPSA) is 91.6 Å². The molecule has 0 aromatic carbocycles. The molecule has 0 saturated heterocycles. The summed E-state index contributed by atoms with van der Waals surface area (Å²) in [6.45, 7) is 8.75. The van der Waals surface area contributed by atoms with Crippen molar-refractivity contribution in [1.29, 1.82) is 0 Å². The highest BCUT2D eigenvalue weighted by Gasteiger charge is 2.20. The van der Waals surface area contributed by atoms with Crippen molar-refractivity contribution >= 4 is 10.0 Å². The lowest BCUT2D eigenvalue weighted by atomic mass is 10.1. The molecule has 0 bridgehead atoms. The van der Waals surface area contributed by atoms with Gasteiger partial charge in [-0.2, -0.15) is 0 Å². The normalized spacial score (nSPS) is 14.3. The summed E-state index contributed by atoms with van der Waals surface area (Å²) in [5.74, 6) is 0.649. The van der Waals surface area contributed by atoms with Crippen molar-refractivity contribution in [3.05, 3.63) is 17.9 Å². The monoisotopic (exact) mass is 318 g/mol. The molecule has 0 aliphatic carbocycles. The molecule has 1 heterocycles. The smallest absolute Gasteiger partial charge is 0.273 e. The van der Waals surface area contributed by atoms with Gasteiger partial charge in [0.15, 0.2) is 0 Å². The van der Waals surface area contributed by atoms with Gasteiger partial charge in [-0.25, -0.2) is 13.1 Å². The number of aliphatic hydroxyl groups is 1. The van der Waals surface area contributed by atoms with Gasteiger partial charge in [-0.05, 0) is 45.2 Å². The van der Waals surface area contributed by atoms with Gasteiger partial charge in [0.2, 0.25) is 5.09 Å². The van der Waals surface area contributed by atoms with Crippen molar-refractivity contribution in [3.63, 3.8) is 0 Å². The summed E-state index contributed by atoms with van der Waals surface area (Å²) in [7, 11) is -3.63. The van der Waals surface area contributed by atoms with Crippen LogP contribution in [0.3, 0.4) is 0 Å². The molecule has 1 atom stereocenters. The molecule has 1 aromatic rings. The zero-order valence-electron chi connectivity index (χ0n) is 13.1. The molecule has 7 heteroatoms. The molecule has 6 nitrogen and oxygen atoms in total. The summed E-state index contributed by atoms with van der Waals surface area (Å²) in [5.41, 5.74) is -0.0657. The maximum Gasteiger partial charge on any atom is 0.273 e. The van der Waals surface area contributed by atoms with Gasteiger partial charge < -0.3 is 14.8 Å². The van der Waals surface area contributed by atoms with Gasteiger partial charge in [0.05, 0.1) is 6.54 Å². The zero-order valence-corrected chi connectivity index (χ0v) is 14.0. The van der Waals surface area contributed by atoms with Crippen LogP contribution in [0.1, 0.15) is 39.9 Å². The Bertz CT molecular complexity index is 531. The van der Waals surface area contributed by atoms with E-state index in [0.717, 1.165) is 0 Å². The van der Waals surface area contributed by atoms with Crippen molar-refractivity contribution in [2.45, 2.75) is 51.3 Å². The van der Waals surface area contributed by atoms with E-state index in [4.69, 9.17) is 9.52 Å². The fraction of sp³-hybridized carbons (Fsp3) is 0.714. The number of sulfonamides is 1. The SMILES string of the molecule is CC(CCO)CNS(=O)(=O)c1ccc(CNC(C)(C)C)o1. The zero-order chi connectivity index (χ0) is 16.1. The molecule has 0 saturated carbocycles. The first kappa shape index (κ1) is 18.2. The molecule has 0 radical (unpaired) electrons. The fourth-order valence-corrected chi connectivity index (χ4v) is 2.71. The van der Waals surface area contributed by atoms with Gasteiger partial charge in [0.1, 0.15) is 5.76 Å². The standard InChI is InChI=1S/C14H26N2O4S/c1-11(7-8-17)9-16-21(18,19)13-6-5-12(20-13)10-15-14(2,3)4/h5-6,11,15-17H,7-10H2,1-4H3. The second-order valence-electron chi connectivity index (χ2n) is 6.29. The van der Waals surface area contributed by atoms with E-state index >= 15 is 0 Å². The Morgan fingerprint density at radius 2 is 2.00 bits per heavy atom. The molecule has 3 N–H and O–H groups in total. The number of aliphatic hydroxyl groups excluding tert-OH is 1. The van der Waals surface area contributed by atoms with E-state index in [9.17, 15) is 8.42 Å². The minimum Gasteiger partial charge on any atom is -0.447 e. The first-order valence-electron chi connectivity index (χ1n) is 7.08. The van der Waals surface area contributed by atoms with Crippen molar-refractivity contribution < 1.29 is 17.9 Å². The third-order valence-corrected chi connectivity index (χ3v) is 4.23. The highest BCUT2D eigenvalue weighted by Crippen LogP contribution is 2.15. The van der Waals surface area contributed by atoms with Crippen LogP contribution < -0.4 is 10.0 Å². The molecule has 1 unspecified atom stereocenters. The number of nitrogens with one attached hydrogen (secondary N) is 2. The largest absolute Gasteiger partial charge is 0.447 e. The number of hydrogen-bond acceptors (Lipinski definition) is 5. The molecule has 0 aliphatic heterocycles. The van der Waals surface area contributed by atoms with E-state index in [2.05, 4.69) is 10.0 Å². The number of furan rings is 1. The molecular weight excluding hydrogens is 292 g/mol. The second kappa shape index (κ2) is 7.40. The van der Waals surface area contributed by atoms with Crippen LogP contribution in [0.4, 0.5) is 0 Å². The Kier molecular flexibility index (Phi) is 6.40. The molecule has 1 aromatic heterocycles. The quantitative estimate of drug-likeness (QED) is 0.675. The first-order valence-corrected chi connectivity index (χ1v) is 8.56. The third kappa shape index (κ3) is 6.60. The van der Waals surface area contributed by atoms with Gasteiger partial charge in [-0.3, -0.25) is 0 Å². The molecule has 21 heavy (non-hydrogen) atoms. The molecule has 122 valence electrons. The van der Waals surface area contributed by atoms with Gasteiger partial charge in [0, 0.05) is 18.7 Å². The summed E-state index contributed by atoms with van der Waals surface area (Å²) in [6.07, 6.45) is 0.557. The van der Waals surface area contributed by atoms with Crippen LogP contribution in [0.2, 0.25) is 0 Å². The number of rotatable bonds is 8. The predicted molar refractivity (Wildman–Crippen MR) is 81.4 cm³/mol. The highest BCUT2D eigenvalue weighted by molar-refractivity contribution is 7.89. The van der Waals surface area contributed by atoms with E-state index in [1.165, 1.54) is 6.07 Å². The van der Waals surface area contributed by atoms with Gasteiger partial charge in [0.25, 0.3) is 10.0 Å². The van der Waals surface area contributed by atoms with Crippen LogP contribution in [0.5, 0.6) is 0 Å². The molecule has 0 amide bonds. The summed E-state index contributed by atoms with van der Waals surface area (Å²) in [5, 5.41) is 12.0. The summed E-state index contributed by atoms with van der Waals surface area (Å²) >= 11 is 0. The Hall–Kier alpha value is -0.890. The average molecular weight is 318 g/mol. The van der Waals surface area contributed by atoms with Crippen molar-refractivity contribution in [3.8, 4) is 0 Å². The molecule has 1 rings (SSSR count). The second-order valence-corrected chi connectivity index (χ2v) is 7.99. The van der Waals surface area contributed by atoms with E-state index in [1.807, 2.05) is 27.7 Å². The van der Waals surface area contributed by atoms with Gasteiger partial charge in [-0.15, -0.1) is 0 Å². The van der Waals surface area contributed by atoms with Crippen LogP contribution in [0.25, 0.3) is 0 Å². The molecular formula is C14H26N2O4S. The van der Waals surface area contributed by atoms with Crippen LogP contribution in [-0.4, -0.2) is 32.2 Å². The van der Waals surface area contributed by atoms with Gasteiger partial charge >= 0.3 is 0 Å². The maximum absolute atomic E-state index is 12.1. The summed E-state index contributed by atoms with van der Waals surface area (Å²) < 4.78 is 32.0. The predicted octanol–water partition coefficient (Wildman–Crippen LogP) is 1.46. The first-order chi connectivity index (χ1) is 9.64. The van der Waals surface area contributed by atoms with Crippen LogP contribution >= 0.6 is 0 Å². The lowest BCUT2D eigenvalue weighted by molar-refractivity contribution is 0.262. The Morgan fingerprint density at radius 3 is 2.57 bits per heavy atom. The van der Waals surface area contributed by atoms with Crippen molar-refractivity contribution in [1.82, 2.24) is 10.0 Å². The Labute approximate surface area is 127 Å². The lowest BCUT2D eigenvalue weighted by Gasteiger charge is -2.19. The molecule has 0 aliphatic rings. The molecule has 0 fully saturated rings. The van der Waals surface area contributed by atoms with E-state index in [-0.39, 0.29) is 29.7 Å². The van der Waals surface area contributed by atoms with Gasteiger partial charge in [-0.1, -0.05) is 6.92 Å². The highest BCUT2D eigenvalue weighted by atomic mass is 32.2. The Balaban J connectivity index is 2.62. The average Bonchev–Trinajstić information content (AvgIpc) is 2.83. The van der Waals surface area contributed by atoms with E-state index in [0.29, 0.717) is 18.7 Å². The fourth-order valence-electron chi connectivity index (χ4n) is 1.60. The minimum absolute atomic E-state index is 0.0479. The van der Waals surface area contributed by atoms with Crippen molar-refractivity contribution in [2.24, 2.45) is 5.92 Å². The van der Waals surface area contributed by atoms with Crippen LogP contribution in [-0.2, 0) is 16.6 Å². The minimum atomic E-state index is -3.63. The van der Waals surface area contributed by atoms with E-state index in [1.54, 1.807) is 6.07 Å². The molecule has 0 spiro atoms. The van der Waals surface area contributed by atoms with Crippen LogP contribution in [0, 0.1) is 5.92 Å². The Morgan fingerprint density at radius 1 is 1.33 bits per heavy atom. The summed E-state index contributed by atoms with van der Waals surface area (Å²) in [6, 6.07) is 3.11. The van der Waals surface area contributed by atoms with E-state index < -0.39 is 10.0 Å². The lowest BCUT2D eigenvalue weighted by Crippen LogP contribution is -2.34. The maximum atomic E-state index is 12.1. The number of hydrogen-bond donors (Lipinski definition) is 3. The third-order valence-electron chi connectivity index (χ3n) is 2.94. The summed E-state index contributed by atoms with van der Waals surface area (Å²) in [4.78, 5) is 0. The van der Waals surface area contributed by atoms with Crippen molar-refractivity contribution in [2.75, 3.05) is 13.2 Å².